The van der Waals surface area contributed by atoms with Crippen LogP contribution >= 0.6 is 22.6 Å². The Labute approximate surface area is 121 Å². The van der Waals surface area contributed by atoms with E-state index in [1.54, 1.807) is 0 Å². The van der Waals surface area contributed by atoms with Crippen LogP contribution in [0.4, 0.5) is 0 Å². The summed E-state index contributed by atoms with van der Waals surface area (Å²) in [6.45, 7) is 9.96. The zero-order valence-corrected chi connectivity index (χ0v) is 14.1. The van der Waals surface area contributed by atoms with E-state index in [0.29, 0.717) is 8.84 Å². The lowest BCUT2D eigenvalue weighted by atomic mass is 9.66. The van der Waals surface area contributed by atoms with E-state index in [1.165, 1.54) is 45.2 Å². The minimum Gasteiger partial charge on any atom is -0.306 e. The Morgan fingerprint density at radius 2 is 1.82 bits per heavy atom. The summed E-state index contributed by atoms with van der Waals surface area (Å²) in [7, 11) is 2.28. The largest absolute Gasteiger partial charge is 0.306 e. The Bertz CT molecular complexity index is 261. The lowest BCUT2D eigenvalue weighted by molar-refractivity contribution is 0.0628. The molecule has 2 aliphatic rings. The number of rotatable bonds is 2. The van der Waals surface area contributed by atoms with E-state index >= 15 is 0 Å². The van der Waals surface area contributed by atoms with Gasteiger partial charge in [-0.15, -0.1) is 0 Å². The molecule has 1 spiro atoms. The number of likely N-dealkylation sites (tertiary alicyclic amines) is 1. The zero-order chi connectivity index (χ0) is 12.7. The number of alkyl halides is 1. The molecule has 2 fully saturated rings. The monoisotopic (exact) mass is 349 g/mol. The summed E-state index contributed by atoms with van der Waals surface area (Å²) in [4.78, 5) is 2.51. The zero-order valence-electron chi connectivity index (χ0n) is 11.9. The molecule has 2 atom stereocenters. The van der Waals surface area contributed by atoms with E-state index in [2.05, 4.69) is 55.3 Å². The van der Waals surface area contributed by atoms with Crippen molar-refractivity contribution in [1.82, 2.24) is 4.90 Å². The van der Waals surface area contributed by atoms with Gasteiger partial charge in [-0.1, -0.05) is 43.4 Å². The molecule has 0 aromatic rings. The van der Waals surface area contributed by atoms with Crippen molar-refractivity contribution in [3.8, 4) is 0 Å². The predicted octanol–water partition coefficient (Wildman–Crippen LogP) is 4.35. The van der Waals surface area contributed by atoms with Gasteiger partial charge in [0.25, 0.3) is 0 Å². The summed E-state index contributed by atoms with van der Waals surface area (Å²) in [6, 6.07) is 0. The molecule has 0 N–H and O–H groups in total. The van der Waals surface area contributed by atoms with E-state index in [-0.39, 0.29) is 0 Å². The average molecular weight is 349 g/mol. The molecule has 0 radical (unpaired) electrons. The smallest absolute Gasteiger partial charge is 0.0169 e. The number of hydrogen-bond acceptors (Lipinski definition) is 1. The molecule has 0 aromatic carbocycles. The quantitative estimate of drug-likeness (QED) is 0.529. The molecular formula is C15H28IN. The Morgan fingerprint density at radius 3 is 2.35 bits per heavy atom. The number of piperidine rings is 1. The van der Waals surface area contributed by atoms with E-state index in [9.17, 15) is 0 Å². The van der Waals surface area contributed by atoms with Crippen LogP contribution in [0.2, 0.25) is 0 Å². The van der Waals surface area contributed by atoms with Gasteiger partial charge in [-0.05, 0) is 69.5 Å². The molecule has 1 saturated heterocycles. The Morgan fingerprint density at radius 1 is 1.24 bits per heavy atom. The molecule has 2 rings (SSSR count). The summed E-state index contributed by atoms with van der Waals surface area (Å²) in [6.07, 6.45) is 7.29. The summed E-state index contributed by atoms with van der Waals surface area (Å²) in [5, 5.41) is 0. The van der Waals surface area contributed by atoms with Gasteiger partial charge in [-0.2, -0.15) is 0 Å². The summed E-state index contributed by atoms with van der Waals surface area (Å²) < 4.78 is 0.470. The van der Waals surface area contributed by atoms with Gasteiger partial charge in [0, 0.05) is 3.42 Å². The lowest BCUT2D eigenvalue weighted by Crippen LogP contribution is -2.42. The molecule has 1 nitrogen and oxygen atoms in total. The van der Waals surface area contributed by atoms with Crippen LogP contribution in [0.5, 0.6) is 0 Å². The Balaban J connectivity index is 2.10. The third-order valence-electron chi connectivity index (χ3n) is 5.26. The van der Waals surface area contributed by atoms with Crippen molar-refractivity contribution in [2.24, 2.45) is 17.3 Å². The third-order valence-corrected chi connectivity index (χ3v) is 5.70. The molecule has 1 aliphatic carbocycles. The molecule has 2 heteroatoms. The fourth-order valence-corrected chi connectivity index (χ4v) is 4.61. The summed E-state index contributed by atoms with van der Waals surface area (Å²) >= 11 is 2.65. The highest BCUT2D eigenvalue weighted by molar-refractivity contribution is 14.1. The molecule has 100 valence electrons. The maximum Gasteiger partial charge on any atom is 0.0169 e. The first-order valence-electron chi connectivity index (χ1n) is 7.20. The van der Waals surface area contributed by atoms with Gasteiger partial charge in [-0.25, -0.2) is 0 Å². The highest BCUT2D eigenvalue weighted by atomic mass is 127. The molecular weight excluding hydrogens is 321 g/mol. The normalized spacial score (nSPS) is 34.4. The topological polar surface area (TPSA) is 3.24 Å². The molecule has 1 heterocycles. The van der Waals surface area contributed by atoms with Gasteiger partial charge in [-0.3, -0.25) is 0 Å². The van der Waals surface area contributed by atoms with E-state index in [4.69, 9.17) is 0 Å². The van der Waals surface area contributed by atoms with Gasteiger partial charge in [0.05, 0.1) is 0 Å². The number of hydrogen-bond donors (Lipinski definition) is 0. The van der Waals surface area contributed by atoms with Gasteiger partial charge >= 0.3 is 0 Å². The van der Waals surface area contributed by atoms with Gasteiger partial charge < -0.3 is 4.90 Å². The second-order valence-corrected chi connectivity index (χ2v) is 10.1. The second-order valence-electron chi connectivity index (χ2n) is 7.21. The van der Waals surface area contributed by atoms with E-state index in [0.717, 1.165) is 11.8 Å². The molecule has 0 amide bonds. The molecule has 0 aromatic heterocycles. The molecule has 0 bridgehead atoms. The van der Waals surface area contributed by atoms with Crippen molar-refractivity contribution < 1.29 is 0 Å². The first kappa shape index (κ1) is 14.1. The van der Waals surface area contributed by atoms with Crippen molar-refractivity contribution in [3.63, 3.8) is 0 Å². The highest BCUT2D eigenvalue weighted by Gasteiger charge is 2.48. The second kappa shape index (κ2) is 4.99. The van der Waals surface area contributed by atoms with E-state index in [1.807, 2.05) is 0 Å². The minimum atomic E-state index is 0.470. The summed E-state index contributed by atoms with van der Waals surface area (Å²) in [5.41, 5.74) is 0.703. The standard InChI is InChI=1S/C15H28IN/c1-12-5-6-15(7-9-17(4)10-8-15)13(12)11-14(2,3)16/h12-13H,5-11H2,1-4H3. The first-order valence-corrected chi connectivity index (χ1v) is 8.28. The molecule has 2 unspecified atom stereocenters. The van der Waals surface area contributed by atoms with Gasteiger partial charge in [0.2, 0.25) is 0 Å². The van der Waals surface area contributed by atoms with Crippen LogP contribution in [-0.2, 0) is 0 Å². The maximum absolute atomic E-state index is 2.65. The number of nitrogens with zero attached hydrogens (tertiary/aromatic N) is 1. The SMILES string of the molecule is CC1CCC2(CCN(C)CC2)C1CC(C)(C)I. The summed E-state index contributed by atoms with van der Waals surface area (Å²) in [5.74, 6) is 1.93. The van der Waals surface area contributed by atoms with Crippen LogP contribution < -0.4 is 0 Å². The number of halogens is 1. The Kier molecular flexibility index (Phi) is 4.14. The van der Waals surface area contributed by atoms with Crippen molar-refractivity contribution in [3.05, 3.63) is 0 Å². The van der Waals surface area contributed by atoms with Crippen LogP contribution in [0.15, 0.2) is 0 Å². The molecule has 1 saturated carbocycles. The third kappa shape index (κ3) is 3.17. The predicted molar refractivity (Wildman–Crippen MR) is 83.8 cm³/mol. The molecule has 17 heavy (non-hydrogen) atoms. The van der Waals surface area contributed by atoms with E-state index < -0.39 is 0 Å². The van der Waals surface area contributed by atoms with Crippen molar-refractivity contribution in [1.29, 1.82) is 0 Å². The van der Waals surface area contributed by atoms with Gasteiger partial charge in [0.15, 0.2) is 0 Å². The van der Waals surface area contributed by atoms with Gasteiger partial charge in [0.1, 0.15) is 0 Å². The van der Waals surface area contributed by atoms with Crippen LogP contribution in [0.1, 0.15) is 52.9 Å². The van der Waals surface area contributed by atoms with Crippen LogP contribution in [-0.4, -0.2) is 28.5 Å². The fraction of sp³-hybridized carbons (Fsp3) is 1.00. The first-order chi connectivity index (χ1) is 7.82. The molecule has 1 aliphatic heterocycles. The Hall–Kier alpha value is 0.690. The average Bonchev–Trinajstić information content (AvgIpc) is 2.50. The maximum atomic E-state index is 2.65. The van der Waals surface area contributed by atoms with Crippen molar-refractivity contribution in [2.45, 2.75) is 56.3 Å². The lowest BCUT2D eigenvalue weighted by Gasteiger charge is -2.44. The van der Waals surface area contributed by atoms with Crippen LogP contribution in [0.25, 0.3) is 0 Å². The van der Waals surface area contributed by atoms with Crippen LogP contribution in [0, 0.1) is 17.3 Å². The van der Waals surface area contributed by atoms with Crippen LogP contribution in [0.3, 0.4) is 0 Å². The van der Waals surface area contributed by atoms with Crippen molar-refractivity contribution >= 4 is 22.6 Å². The van der Waals surface area contributed by atoms with Crippen molar-refractivity contribution in [2.75, 3.05) is 20.1 Å². The highest BCUT2D eigenvalue weighted by Crippen LogP contribution is 2.56. The minimum absolute atomic E-state index is 0.470. The fourth-order valence-electron chi connectivity index (χ4n) is 4.13.